The van der Waals surface area contributed by atoms with E-state index < -0.39 is 5.41 Å². The highest BCUT2D eigenvalue weighted by atomic mass is 32.1. The number of nitrogens with one attached hydrogen (secondary N) is 1. The van der Waals surface area contributed by atoms with E-state index >= 15 is 0 Å². The van der Waals surface area contributed by atoms with Gasteiger partial charge < -0.3 is 10.1 Å². The summed E-state index contributed by atoms with van der Waals surface area (Å²) in [6.07, 6.45) is 2.32. The van der Waals surface area contributed by atoms with Crippen LogP contribution in [0.2, 0.25) is 0 Å². The van der Waals surface area contributed by atoms with Gasteiger partial charge in [0.15, 0.2) is 0 Å². The summed E-state index contributed by atoms with van der Waals surface area (Å²) in [7, 11) is 0. The zero-order valence-corrected chi connectivity index (χ0v) is 15.0. The molecule has 3 rings (SSSR count). The van der Waals surface area contributed by atoms with Gasteiger partial charge in [-0.25, -0.2) is 9.18 Å². The van der Waals surface area contributed by atoms with E-state index in [4.69, 9.17) is 4.74 Å². The lowest BCUT2D eigenvalue weighted by Gasteiger charge is -2.40. The van der Waals surface area contributed by atoms with Crippen molar-refractivity contribution in [2.75, 3.05) is 11.9 Å². The van der Waals surface area contributed by atoms with Crippen LogP contribution in [0, 0.1) is 12.7 Å². The molecule has 1 aliphatic rings. The van der Waals surface area contributed by atoms with E-state index in [1.54, 1.807) is 25.1 Å². The number of aryl methyl sites for hydroxylation is 1. The fraction of sp³-hybridized carbons (Fsp3) is 0.368. The summed E-state index contributed by atoms with van der Waals surface area (Å²) in [6.45, 7) is 3.87. The molecule has 1 aliphatic carbocycles. The molecule has 0 saturated heterocycles. The average Bonchev–Trinajstić information content (AvgIpc) is 2.87. The maximum Gasteiger partial charge on any atom is 0.348 e. The summed E-state index contributed by atoms with van der Waals surface area (Å²) >= 11 is 1.20. The maximum absolute atomic E-state index is 13.6. The Balaban J connectivity index is 1.82. The van der Waals surface area contributed by atoms with E-state index in [-0.39, 0.29) is 17.7 Å². The van der Waals surface area contributed by atoms with Crippen molar-refractivity contribution in [1.29, 1.82) is 0 Å². The third-order valence-corrected chi connectivity index (χ3v) is 5.77. The fourth-order valence-electron chi connectivity index (χ4n) is 3.14. The second kappa shape index (κ2) is 6.96. The molecule has 2 aromatic rings. The number of halogens is 1. The minimum atomic E-state index is -0.690. The SMILES string of the molecule is CCOC(=O)c1sc(NC(=O)C2(c3cccc(F)c3)CCC2)cc1C. The molecule has 0 atom stereocenters. The van der Waals surface area contributed by atoms with Crippen LogP contribution in [-0.4, -0.2) is 18.5 Å². The van der Waals surface area contributed by atoms with Crippen LogP contribution in [0.4, 0.5) is 9.39 Å². The monoisotopic (exact) mass is 361 g/mol. The summed E-state index contributed by atoms with van der Waals surface area (Å²) < 4.78 is 18.6. The van der Waals surface area contributed by atoms with Gasteiger partial charge in [-0.05, 0) is 56.0 Å². The molecule has 1 heterocycles. The van der Waals surface area contributed by atoms with Gasteiger partial charge >= 0.3 is 5.97 Å². The molecule has 0 bridgehead atoms. The fourth-order valence-corrected chi connectivity index (χ4v) is 4.10. The molecule has 1 amide bonds. The Labute approximate surface area is 150 Å². The van der Waals surface area contributed by atoms with Gasteiger partial charge in [-0.1, -0.05) is 18.6 Å². The molecule has 0 spiro atoms. The predicted octanol–water partition coefficient (Wildman–Crippen LogP) is 4.43. The Morgan fingerprint density at radius 1 is 1.32 bits per heavy atom. The van der Waals surface area contributed by atoms with E-state index in [9.17, 15) is 14.0 Å². The Kier molecular flexibility index (Phi) is 4.90. The van der Waals surface area contributed by atoms with E-state index in [0.29, 0.717) is 34.9 Å². The zero-order chi connectivity index (χ0) is 18.0. The van der Waals surface area contributed by atoms with Crippen molar-refractivity contribution in [3.8, 4) is 0 Å². The lowest BCUT2D eigenvalue weighted by atomic mass is 9.64. The molecule has 6 heteroatoms. The number of carbonyl (C=O) groups excluding carboxylic acids is 2. The molecule has 0 unspecified atom stereocenters. The van der Waals surface area contributed by atoms with E-state index in [0.717, 1.165) is 12.0 Å². The molecule has 1 fully saturated rings. The number of rotatable bonds is 5. The van der Waals surface area contributed by atoms with Gasteiger partial charge in [0.05, 0.1) is 17.0 Å². The highest BCUT2D eigenvalue weighted by Crippen LogP contribution is 2.45. The first-order valence-corrected chi connectivity index (χ1v) is 9.13. The number of esters is 1. The summed E-state index contributed by atoms with van der Waals surface area (Å²) in [5.41, 5.74) is 0.784. The molecule has 4 nitrogen and oxygen atoms in total. The van der Waals surface area contributed by atoms with Crippen LogP contribution < -0.4 is 5.32 Å². The normalized spacial score (nSPS) is 15.3. The number of ether oxygens (including phenoxy) is 1. The molecular weight excluding hydrogens is 341 g/mol. The summed E-state index contributed by atoms with van der Waals surface area (Å²) in [5.74, 6) is -0.872. The van der Waals surface area contributed by atoms with Crippen molar-refractivity contribution in [2.45, 2.75) is 38.5 Å². The van der Waals surface area contributed by atoms with Crippen LogP contribution in [0.25, 0.3) is 0 Å². The number of thiophene rings is 1. The largest absolute Gasteiger partial charge is 0.462 e. The smallest absolute Gasteiger partial charge is 0.348 e. The van der Waals surface area contributed by atoms with Crippen LogP contribution in [0.5, 0.6) is 0 Å². The van der Waals surface area contributed by atoms with Crippen LogP contribution in [0.3, 0.4) is 0 Å². The average molecular weight is 361 g/mol. The minimum Gasteiger partial charge on any atom is -0.462 e. The van der Waals surface area contributed by atoms with Crippen molar-refractivity contribution in [3.05, 3.63) is 52.2 Å². The van der Waals surface area contributed by atoms with Crippen molar-refractivity contribution in [3.63, 3.8) is 0 Å². The molecule has 0 aliphatic heterocycles. The molecule has 1 aromatic heterocycles. The predicted molar refractivity (Wildman–Crippen MR) is 95.6 cm³/mol. The number of hydrogen-bond donors (Lipinski definition) is 1. The van der Waals surface area contributed by atoms with Crippen LogP contribution >= 0.6 is 11.3 Å². The Morgan fingerprint density at radius 3 is 2.68 bits per heavy atom. The molecule has 1 N–H and O–H groups in total. The van der Waals surface area contributed by atoms with Gasteiger partial charge in [0.25, 0.3) is 0 Å². The van der Waals surface area contributed by atoms with Crippen LogP contribution in [-0.2, 0) is 14.9 Å². The second-order valence-electron chi connectivity index (χ2n) is 6.24. The molecule has 132 valence electrons. The number of carbonyl (C=O) groups is 2. The van der Waals surface area contributed by atoms with Gasteiger partial charge in [-0.3, -0.25) is 4.79 Å². The third kappa shape index (κ3) is 3.31. The Hall–Kier alpha value is -2.21. The van der Waals surface area contributed by atoms with Gasteiger partial charge in [0.2, 0.25) is 5.91 Å². The number of hydrogen-bond acceptors (Lipinski definition) is 4. The Bertz CT molecular complexity index is 811. The molecule has 1 saturated carbocycles. The van der Waals surface area contributed by atoms with Crippen molar-refractivity contribution >= 4 is 28.2 Å². The van der Waals surface area contributed by atoms with Crippen molar-refractivity contribution < 1.29 is 18.7 Å². The summed E-state index contributed by atoms with van der Waals surface area (Å²) in [4.78, 5) is 25.3. The van der Waals surface area contributed by atoms with Crippen LogP contribution in [0.15, 0.2) is 30.3 Å². The zero-order valence-electron chi connectivity index (χ0n) is 14.2. The lowest BCUT2D eigenvalue weighted by Crippen LogP contribution is -2.45. The molecule has 1 aromatic carbocycles. The molecule has 25 heavy (non-hydrogen) atoms. The minimum absolute atomic E-state index is 0.152. The Morgan fingerprint density at radius 2 is 2.08 bits per heavy atom. The highest BCUT2D eigenvalue weighted by molar-refractivity contribution is 7.18. The van der Waals surface area contributed by atoms with Gasteiger partial charge in [0.1, 0.15) is 10.7 Å². The second-order valence-corrected chi connectivity index (χ2v) is 7.30. The third-order valence-electron chi connectivity index (χ3n) is 4.63. The standard InChI is InChI=1S/C19H20FNO3S/c1-3-24-17(22)16-12(2)10-15(25-16)21-18(23)19(8-5-9-19)13-6-4-7-14(20)11-13/h4,6-7,10-11H,3,5,8-9H2,1-2H3,(H,21,23). The van der Waals surface area contributed by atoms with Gasteiger partial charge in [-0.15, -0.1) is 11.3 Å². The molecule has 0 radical (unpaired) electrons. The number of anilines is 1. The summed E-state index contributed by atoms with van der Waals surface area (Å²) in [5, 5.41) is 3.52. The first kappa shape index (κ1) is 17.6. The van der Waals surface area contributed by atoms with Gasteiger partial charge in [0, 0.05) is 0 Å². The van der Waals surface area contributed by atoms with Crippen molar-refractivity contribution in [1.82, 2.24) is 0 Å². The number of benzene rings is 1. The summed E-state index contributed by atoms with van der Waals surface area (Å²) in [6, 6.07) is 8.01. The van der Waals surface area contributed by atoms with E-state index in [2.05, 4.69) is 5.32 Å². The quantitative estimate of drug-likeness (QED) is 0.802. The number of amides is 1. The topological polar surface area (TPSA) is 55.4 Å². The maximum atomic E-state index is 13.6. The first-order chi connectivity index (χ1) is 12.0. The highest BCUT2D eigenvalue weighted by Gasteiger charge is 2.46. The van der Waals surface area contributed by atoms with Crippen molar-refractivity contribution in [2.24, 2.45) is 0 Å². The van der Waals surface area contributed by atoms with E-state index in [1.807, 2.05) is 6.92 Å². The molecular formula is C19H20FNO3S. The van der Waals surface area contributed by atoms with Gasteiger partial charge in [-0.2, -0.15) is 0 Å². The van der Waals surface area contributed by atoms with Crippen LogP contribution in [0.1, 0.15) is 47.0 Å². The van der Waals surface area contributed by atoms with E-state index in [1.165, 1.54) is 23.5 Å². The lowest BCUT2D eigenvalue weighted by molar-refractivity contribution is -0.124. The first-order valence-electron chi connectivity index (χ1n) is 8.31.